The largest absolute Gasteiger partial charge is 0.333 e. The SMILES string of the molecule is N#C[C@]1(Cl)CN(c2ccccc2)[C@@]23N=[N+](c4ccccc4)N[C@]21c1ccccc1-c1ccccc13. The van der Waals surface area contributed by atoms with E-state index < -0.39 is 16.1 Å². The zero-order valence-electron chi connectivity index (χ0n) is 18.8. The van der Waals surface area contributed by atoms with Crippen molar-refractivity contribution in [3.05, 3.63) is 120 Å². The Labute approximate surface area is 208 Å². The maximum atomic E-state index is 10.7. The van der Waals surface area contributed by atoms with Gasteiger partial charge in [0.05, 0.1) is 12.6 Å². The second-order valence-electron chi connectivity index (χ2n) is 9.21. The Morgan fingerprint density at radius 1 is 0.800 bits per heavy atom. The summed E-state index contributed by atoms with van der Waals surface area (Å²) in [6, 6.07) is 39.2. The molecule has 1 aliphatic carbocycles. The first-order valence-corrected chi connectivity index (χ1v) is 12.0. The van der Waals surface area contributed by atoms with Gasteiger partial charge in [0.1, 0.15) is 0 Å². The molecule has 2 heterocycles. The molecule has 0 bridgehead atoms. The first kappa shape index (κ1) is 20.3. The molecule has 0 spiro atoms. The maximum absolute atomic E-state index is 10.7. The molecule has 0 saturated carbocycles. The molecule has 1 fully saturated rings. The lowest BCUT2D eigenvalue weighted by Gasteiger charge is -2.45. The van der Waals surface area contributed by atoms with Gasteiger partial charge >= 0.3 is 0 Å². The summed E-state index contributed by atoms with van der Waals surface area (Å²) in [5, 5.41) is 16.1. The van der Waals surface area contributed by atoms with E-state index in [4.69, 9.17) is 16.7 Å². The fraction of sp³-hybridized carbons (Fsp3) is 0.138. The van der Waals surface area contributed by atoms with E-state index in [0.717, 1.165) is 33.6 Å². The number of azo groups is 1. The third-order valence-corrected chi connectivity index (χ3v) is 8.06. The van der Waals surface area contributed by atoms with Crippen LogP contribution in [0.1, 0.15) is 11.1 Å². The van der Waals surface area contributed by atoms with Crippen LogP contribution in [0.25, 0.3) is 11.1 Å². The van der Waals surface area contributed by atoms with Crippen molar-refractivity contribution in [2.24, 2.45) is 5.11 Å². The number of nitrogens with one attached hydrogen (secondary N) is 1. The lowest BCUT2D eigenvalue weighted by molar-refractivity contribution is -0.569. The minimum atomic E-state index is -1.32. The number of benzene rings is 4. The molecule has 0 unspecified atom stereocenters. The van der Waals surface area contributed by atoms with E-state index in [9.17, 15) is 5.26 Å². The van der Waals surface area contributed by atoms with Crippen LogP contribution in [0.5, 0.6) is 0 Å². The molecule has 35 heavy (non-hydrogen) atoms. The number of halogens is 1. The van der Waals surface area contributed by atoms with Gasteiger partial charge in [0.2, 0.25) is 5.54 Å². The summed E-state index contributed by atoms with van der Waals surface area (Å²) in [5.74, 6) is 0. The number of fused-ring (bicyclic) bond motifs is 3. The standard InChI is InChI=1S/C29H21ClN5/c30-27(19-31)20-34(21-11-3-1-4-12-21)29-26-18-10-8-16-24(26)23-15-7-9-17-25(23)28(27,29)32-35(33-29)22-13-5-2-6-14-22/h1-18H,20H2,(H,32,33)/q+1/t27-,28-,29+/m0/s1. The molecule has 7 rings (SSSR count). The minimum absolute atomic E-state index is 0.302. The van der Waals surface area contributed by atoms with Crippen molar-refractivity contribution < 1.29 is 4.81 Å². The quantitative estimate of drug-likeness (QED) is 0.284. The molecule has 0 radical (unpaired) electrons. The first-order valence-electron chi connectivity index (χ1n) is 11.6. The van der Waals surface area contributed by atoms with Gasteiger partial charge in [-0.3, -0.25) is 0 Å². The molecule has 4 aromatic carbocycles. The van der Waals surface area contributed by atoms with Crippen LogP contribution in [0.15, 0.2) is 114 Å². The highest BCUT2D eigenvalue weighted by atomic mass is 35.5. The zero-order chi connectivity index (χ0) is 23.7. The fourth-order valence-corrected chi connectivity index (χ4v) is 6.58. The van der Waals surface area contributed by atoms with Gasteiger partial charge < -0.3 is 4.90 Å². The summed E-state index contributed by atoms with van der Waals surface area (Å²) in [5.41, 5.74) is 7.63. The highest BCUT2D eigenvalue weighted by molar-refractivity contribution is 6.28. The van der Waals surface area contributed by atoms with Gasteiger partial charge in [-0.15, -0.1) is 5.43 Å². The van der Waals surface area contributed by atoms with Crippen molar-refractivity contribution >= 4 is 23.0 Å². The van der Waals surface area contributed by atoms with E-state index in [1.165, 1.54) is 0 Å². The third-order valence-electron chi connectivity index (χ3n) is 7.57. The Morgan fingerprint density at radius 2 is 1.37 bits per heavy atom. The van der Waals surface area contributed by atoms with Crippen LogP contribution in [0.3, 0.4) is 0 Å². The molecule has 0 aromatic heterocycles. The van der Waals surface area contributed by atoms with Crippen LogP contribution < -0.4 is 10.3 Å². The summed E-state index contributed by atoms with van der Waals surface area (Å²) < 4.78 is 0. The molecule has 168 valence electrons. The maximum Gasteiger partial charge on any atom is 0.265 e. The molecule has 3 atom stereocenters. The van der Waals surface area contributed by atoms with E-state index in [0.29, 0.717) is 6.54 Å². The zero-order valence-corrected chi connectivity index (χ0v) is 19.5. The van der Waals surface area contributed by atoms with Crippen LogP contribution in [-0.2, 0) is 11.2 Å². The normalized spacial score (nSPS) is 27.5. The lowest BCUT2D eigenvalue weighted by atomic mass is 9.63. The molecule has 1 N–H and O–H groups in total. The molecule has 5 nitrogen and oxygen atoms in total. The Morgan fingerprint density at radius 3 is 2.06 bits per heavy atom. The highest BCUT2D eigenvalue weighted by Crippen LogP contribution is 2.67. The van der Waals surface area contributed by atoms with Crippen molar-refractivity contribution in [2.45, 2.75) is 16.1 Å². The Balaban J connectivity index is 1.65. The first-order chi connectivity index (χ1) is 17.1. The molecular weight excluding hydrogens is 454 g/mol. The van der Waals surface area contributed by atoms with Gasteiger partial charge in [0.25, 0.3) is 11.4 Å². The average Bonchev–Trinajstić information content (AvgIpc) is 3.42. The van der Waals surface area contributed by atoms with Gasteiger partial charge in [0.15, 0.2) is 4.87 Å². The lowest BCUT2D eigenvalue weighted by Crippen LogP contribution is -2.63. The molecule has 6 heteroatoms. The number of hydrogen-bond acceptors (Lipinski definition) is 4. The van der Waals surface area contributed by atoms with Crippen molar-refractivity contribution in [1.82, 2.24) is 5.43 Å². The van der Waals surface area contributed by atoms with Gasteiger partial charge in [-0.05, 0) is 28.8 Å². The van der Waals surface area contributed by atoms with Crippen LogP contribution in [0.2, 0.25) is 0 Å². The van der Waals surface area contributed by atoms with Crippen molar-refractivity contribution in [1.29, 1.82) is 5.26 Å². The number of alkyl halides is 1. The summed E-state index contributed by atoms with van der Waals surface area (Å²) >= 11 is 7.45. The van der Waals surface area contributed by atoms with Gasteiger partial charge in [0, 0.05) is 33.3 Å². The molecule has 2 aliphatic heterocycles. The second-order valence-corrected chi connectivity index (χ2v) is 9.85. The number of hydrazine groups is 1. The van der Waals surface area contributed by atoms with E-state index >= 15 is 0 Å². The fourth-order valence-electron chi connectivity index (χ4n) is 6.18. The number of anilines is 1. The Kier molecular flexibility index (Phi) is 4.02. The molecule has 0 amide bonds. The van der Waals surface area contributed by atoms with Crippen molar-refractivity contribution in [3.8, 4) is 17.2 Å². The minimum Gasteiger partial charge on any atom is -0.333 e. The number of nitrogens with zero attached hydrogens (tertiary/aromatic N) is 4. The van der Waals surface area contributed by atoms with Crippen LogP contribution in [-0.4, -0.2) is 16.2 Å². The predicted octanol–water partition coefficient (Wildman–Crippen LogP) is 6.05. The number of para-hydroxylation sites is 2. The van der Waals surface area contributed by atoms with Gasteiger partial charge in [-0.1, -0.05) is 96.5 Å². The topological polar surface area (TPSA) is 54.4 Å². The smallest absolute Gasteiger partial charge is 0.265 e. The van der Waals surface area contributed by atoms with E-state index in [1.54, 1.807) is 0 Å². The van der Waals surface area contributed by atoms with Gasteiger partial charge in [-0.2, -0.15) is 5.26 Å². The predicted molar refractivity (Wildman–Crippen MR) is 135 cm³/mol. The Hall–Kier alpha value is -4.14. The van der Waals surface area contributed by atoms with Crippen LogP contribution in [0, 0.1) is 11.3 Å². The Bertz CT molecular complexity index is 1550. The average molecular weight is 475 g/mol. The number of nitriles is 1. The van der Waals surface area contributed by atoms with E-state index in [-0.39, 0.29) is 0 Å². The molecule has 3 aliphatic rings. The van der Waals surface area contributed by atoms with E-state index in [2.05, 4.69) is 58.9 Å². The van der Waals surface area contributed by atoms with Crippen molar-refractivity contribution in [2.75, 3.05) is 11.4 Å². The monoisotopic (exact) mass is 474 g/mol. The number of rotatable bonds is 2. The number of hydrogen-bond donors (Lipinski definition) is 1. The highest BCUT2D eigenvalue weighted by Gasteiger charge is 2.83. The summed E-state index contributed by atoms with van der Waals surface area (Å²) in [4.78, 5) is 2.69. The van der Waals surface area contributed by atoms with E-state index in [1.807, 2.05) is 71.5 Å². The molecular formula is C29H21ClN5+. The van der Waals surface area contributed by atoms with Crippen LogP contribution >= 0.6 is 11.6 Å². The summed E-state index contributed by atoms with van der Waals surface area (Å²) in [6.45, 7) is 0.302. The molecule has 1 saturated heterocycles. The second kappa shape index (κ2) is 6.94. The third kappa shape index (κ3) is 2.32. The summed E-state index contributed by atoms with van der Waals surface area (Å²) in [6.07, 6.45) is 0. The van der Waals surface area contributed by atoms with Crippen molar-refractivity contribution in [3.63, 3.8) is 0 Å². The molecule has 4 aromatic rings. The summed E-state index contributed by atoms with van der Waals surface area (Å²) in [7, 11) is 0. The van der Waals surface area contributed by atoms with Crippen LogP contribution in [0.4, 0.5) is 11.4 Å². The van der Waals surface area contributed by atoms with Gasteiger partial charge in [-0.25, -0.2) is 0 Å².